The Morgan fingerprint density at radius 1 is 1.21 bits per heavy atom. The van der Waals surface area contributed by atoms with E-state index < -0.39 is 0 Å². The van der Waals surface area contributed by atoms with Gasteiger partial charge in [0, 0.05) is 16.6 Å². The Morgan fingerprint density at radius 2 is 1.95 bits per heavy atom. The molecule has 0 saturated heterocycles. The van der Waals surface area contributed by atoms with E-state index in [9.17, 15) is 0 Å². The zero-order valence-electron chi connectivity index (χ0n) is 11.5. The fourth-order valence-corrected chi connectivity index (χ4v) is 4.15. The number of rotatable bonds is 4. The zero-order valence-corrected chi connectivity index (χ0v) is 14.7. The molecule has 0 aromatic heterocycles. The summed E-state index contributed by atoms with van der Waals surface area (Å²) in [5.74, 6) is 1.66. The minimum atomic E-state index is 0.584. The highest BCUT2D eigenvalue weighted by Gasteiger charge is 2.24. The number of methoxy groups -OCH3 is 1. The van der Waals surface area contributed by atoms with Crippen LogP contribution in [0.3, 0.4) is 0 Å². The molecule has 0 spiro atoms. The van der Waals surface area contributed by atoms with Crippen LogP contribution in [0.15, 0.2) is 21.1 Å². The summed E-state index contributed by atoms with van der Waals surface area (Å²) in [5, 5.41) is 3.70. The molecular weight excluding hydrogens is 370 g/mol. The second-order valence-electron chi connectivity index (χ2n) is 5.17. The van der Waals surface area contributed by atoms with E-state index in [1.165, 1.54) is 32.1 Å². The Hall–Kier alpha value is -0.220. The van der Waals surface area contributed by atoms with Crippen molar-refractivity contribution in [2.75, 3.05) is 12.4 Å². The van der Waals surface area contributed by atoms with Crippen molar-refractivity contribution in [3.63, 3.8) is 0 Å². The van der Waals surface area contributed by atoms with E-state index in [4.69, 9.17) is 4.74 Å². The molecule has 106 valence electrons. The third kappa shape index (κ3) is 3.66. The molecule has 19 heavy (non-hydrogen) atoms. The van der Waals surface area contributed by atoms with E-state index in [2.05, 4.69) is 50.2 Å². The molecular formula is C15H21Br2NO. The highest BCUT2D eigenvalue weighted by molar-refractivity contribution is 9.11. The standard InChI is InChI=1S/C15H21Br2NO/c1-3-10-6-4-5-7-13(10)18-14-9-15(19-2)12(17)8-11(14)16/h8-10,13,18H,3-7H2,1-2H3. The van der Waals surface area contributed by atoms with E-state index >= 15 is 0 Å². The Balaban J connectivity index is 2.17. The lowest BCUT2D eigenvalue weighted by Gasteiger charge is -2.32. The molecule has 1 aromatic carbocycles. The van der Waals surface area contributed by atoms with Crippen molar-refractivity contribution in [1.29, 1.82) is 0 Å². The minimum absolute atomic E-state index is 0.584. The van der Waals surface area contributed by atoms with E-state index in [-0.39, 0.29) is 0 Å². The first-order chi connectivity index (χ1) is 9.15. The maximum Gasteiger partial charge on any atom is 0.135 e. The lowest BCUT2D eigenvalue weighted by atomic mass is 9.83. The Morgan fingerprint density at radius 3 is 2.63 bits per heavy atom. The van der Waals surface area contributed by atoms with Crippen LogP contribution in [-0.2, 0) is 0 Å². The first-order valence-electron chi connectivity index (χ1n) is 6.95. The number of hydrogen-bond acceptors (Lipinski definition) is 2. The molecule has 1 aromatic rings. The van der Waals surface area contributed by atoms with Gasteiger partial charge < -0.3 is 10.1 Å². The fourth-order valence-electron chi connectivity index (χ4n) is 2.88. The predicted molar refractivity (Wildman–Crippen MR) is 88.1 cm³/mol. The van der Waals surface area contributed by atoms with E-state index in [1.54, 1.807) is 7.11 Å². The molecule has 0 heterocycles. The first-order valence-corrected chi connectivity index (χ1v) is 8.53. The van der Waals surface area contributed by atoms with Gasteiger partial charge in [-0.1, -0.05) is 26.2 Å². The van der Waals surface area contributed by atoms with Gasteiger partial charge in [0.1, 0.15) is 5.75 Å². The molecule has 1 aliphatic rings. The second-order valence-corrected chi connectivity index (χ2v) is 6.88. The average molecular weight is 391 g/mol. The molecule has 2 atom stereocenters. The van der Waals surface area contributed by atoms with Crippen LogP contribution < -0.4 is 10.1 Å². The van der Waals surface area contributed by atoms with Crippen molar-refractivity contribution in [2.24, 2.45) is 5.92 Å². The average Bonchev–Trinajstić information content (AvgIpc) is 2.42. The van der Waals surface area contributed by atoms with E-state index in [1.807, 2.05) is 6.07 Å². The molecule has 2 nitrogen and oxygen atoms in total. The normalized spacial score (nSPS) is 23.2. The molecule has 1 saturated carbocycles. The Kier molecular flexibility index (Phi) is 5.58. The molecule has 1 aliphatic carbocycles. The molecule has 1 N–H and O–H groups in total. The summed E-state index contributed by atoms with van der Waals surface area (Å²) >= 11 is 7.14. The van der Waals surface area contributed by atoms with Crippen LogP contribution in [0.4, 0.5) is 5.69 Å². The van der Waals surface area contributed by atoms with E-state index in [0.29, 0.717) is 6.04 Å². The summed E-state index contributed by atoms with van der Waals surface area (Å²) in [7, 11) is 1.70. The highest BCUT2D eigenvalue weighted by atomic mass is 79.9. The van der Waals surface area contributed by atoms with Crippen molar-refractivity contribution >= 4 is 37.5 Å². The molecule has 0 radical (unpaired) electrons. The summed E-state index contributed by atoms with van der Waals surface area (Å²) in [5.41, 5.74) is 1.13. The number of halogens is 2. The molecule has 0 bridgehead atoms. The van der Waals surface area contributed by atoms with Gasteiger partial charge in [-0.3, -0.25) is 0 Å². The molecule has 2 rings (SSSR count). The first kappa shape index (κ1) is 15.2. The second kappa shape index (κ2) is 6.98. The SMILES string of the molecule is CCC1CCCCC1Nc1cc(OC)c(Br)cc1Br. The summed E-state index contributed by atoms with van der Waals surface area (Å²) < 4.78 is 7.43. The Labute approximate surface area is 132 Å². The molecule has 1 fully saturated rings. The van der Waals surface area contributed by atoms with Crippen molar-refractivity contribution in [1.82, 2.24) is 0 Å². The summed E-state index contributed by atoms with van der Waals surface area (Å²) in [4.78, 5) is 0. The van der Waals surface area contributed by atoms with Crippen molar-refractivity contribution in [3.8, 4) is 5.75 Å². The monoisotopic (exact) mass is 389 g/mol. The maximum atomic E-state index is 5.38. The number of benzene rings is 1. The van der Waals surface area contributed by atoms with Gasteiger partial charge in [-0.2, -0.15) is 0 Å². The molecule has 0 amide bonds. The third-order valence-electron chi connectivity index (χ3n) is 4.02. The number of hydrogen-bond donors (Lipinski definition) is 1. The maximum absolute atomic E-state index is 5.38. The van der Waals surface area contributed by atoms with Gasteiger partial charge in [-0.05, 0) is 56.7 Å². The van der Waals surface area contributed by atoms with Gasteiger partial charge in [-0.25, -0.2) is 0 Å². The van der Waals surface area contributed by atoms with Gasteiger partial charge in [0.05, 0.1) is 17.3 Å². The minimum Gasteiger partial charge on any atom is -0.495 e. The van der Waals surface area contributed by atoms with Gasteiger partial charge >= 0.3 is 0 Å². The third-order valence-corrected chi connectivity index (χ3v) is 5.29. The quantitative estimate of drug-likeness (QED) is 0.722. The predicted octanol–water partition coefficient (Wildman–Crippen LogP) is 5.60. The lowest BCUT2D eigenvalue weighted by molar-refractivity contribution is 0.317. The molecule has 4 heteroatoms. The van der Waals surface area contributed by atoms with Crippen LogP contribution in [0.25, 0.3) is 0 Å². The van der Waals surface area contributed by atoms with Crippen LogP contribution in [0.2, 0.25) is 0 Å². The van der Waals surface area contributed by atoms with Crippen LogP contribution in [-0.4, -0.2) is 13.2 Å². The molecule has 2 unspecified atom stereocenters. The molecule has 0 aliphatic heterocycles. The van der Waals surface area contributed by atoms with Crippen LogP contribution >= 0.6 is 31.9 Å². The van der Waals surface area contributed by atoms with Gasteiger partial charge in [0.15, 0.2) is 0 Å². The van der Waals surface area contributed by atoms with Crippen molar-refractivity contribution < 1.29 is 4.74 Å². The number of ether oxygens (including phenoxy) is 1. The highest BCUT2D eigenvalue weighted by Crippen LogP contribution is 2.37. The van der Waals surface area contributed by atoms with Crippen LogP contribution in [0.5, 0.6) is 5.75 Å². The largest absolute Gasteiger partial charge is 0.495 e. The number of nitrogens with one attached hydrogen (secondary N) is 1. The summed E-state index contributed by atoms with van der Waals surface area (Å²) in [6.07, 6.45) is 6.58. The van der Waals surface area contributed by atoms with Crippen molar-refractivity contribution in [3.05, 3.63) is 21.1 Å². The van der Waals surface area contributed by atoms with Gasteiger partial charge in [0.2, 0.25) is 0 Å². The lowest BCUT2D eigenvalue weighted by Crippen LogP contribution is -2.31. The number of anilines is 1. The Bertz CT molecular complexity index is 436. The summed E-state index contributed by atoms with van der Waals surface area (Å²) in [6, 6.07) is 4.70. The van der Waals surface area contributed by atoms with Gasteiger partial charge in [-0.15, -0.1) is 0 Å². The van der Waals surface area contributed by atoms with Gasteiger partial charge in [0.25, 0.3) is 0 Å². The summed E-state index contributed by atoms with van der Waals surface area (Å²) in [6.45, 7) is 2.29. The fraction of sp³-hybridized carbons (Fsp3) is 0.600. The zero-order chi connectivity index (χ0) is 13.8. The van der Waals surface area contributed by atoms with E-state index in [0.717, 1.165) is 26.3 Å². The van der Waals surface area contributed by atoms with Crippen LogP contribution in [0.1, 0.15) is 39.0 Å². The topological polar surface area (TPSA) is 21.3 Å². The smallest absolute Gasteiger partial charge is 0.135 e. The van der Waals surface area contributed by atoms with Crippen molar-refractivity contribution in [2.45, 2.75) is 45.1 Å². The van der Waals surface area contributed by atoms with Crippen LogP contribution in [0, 0.1) is 5.92 Å².